The molecule has 0 aromatic rings. The number of nitrogens with zero attached hydrogens (tertiary/aromatic N) is 1. The molecule has 2 unspecified atom stereocenters. The van der Waals surface area contributed by atoms with Gasteiger partial charge in [0.1, 0.15) is 0 Å². The van der Waals surface area contributed by atoms with E-state index in [9.17, 15) is 0 Å². The van der Waals surface area contributed by atoms with Crippen LogP contribution in [0.15, 0.2) is 0 Å². The highest BCUT2D eigenvalue weighted by atomic mass is 15.3. The van der Waals surface area contributed by atoms with Crippen molar-refractivity contribution in [3.8, 4) is 0 Å². The zero-order valence-corrected chi connectivity index (χ0v) is 11.6. The molecule has 1 N–H and O–H groups in total. The van der Waals surface area contributed by atoms with E-state index in [2.05, 4.69) is 37.9 Å². The molecule has 1 aliphatic heterocycles. The second-order valence-electron chi connectivity index (χ2n) is 5.36. The SMILES string of the molecule is CCCN(C1CNC1)C(CC)CC(C)CC. The van der Waals surface area contributed by atoms with Crippen molar-refractivity contribution in [2.75, 3.05) is 19.6 Å². The first-order chi connectivity index (χ1) is 7.72. The molecule has 96 valence electrons. The average molecular weight is 226 g/mol. The van der Waals surface area contributed by atoms with Crippen LogP contribution >= 0.6 is 0 Å². The molecule has 1 fully saturated rings. The fourth-order valence-corrected chi connectivity index (χ4v) is 2.60. The summed E-state index contributed by atoms with van der Waals surface area (Å²) in [4.78, 5) is 2.77. The van der Waals surface area contributed by atoms with Gasteiger partial charge in [-0.3, -0.25) is 4.90 Å². The van der Waals surface area contributed by atoms with Gasteiger partial charge in [-0.2, -0.15) is 0 Å². The second-order valence-corrected chi connectivity index (χ2v) is 5.36. The predicted octanol–water partition coefficient (Wildman–Crippen LogP) is 2.89. The fraction of sp³-hybridized carbons (Fsp3) is 1.00. The maximum Gasteiger partial charge on any atom is 0.0348 e. The van der Waals surface area contributed by atoms with Crippen LogP contribution in [0.4, 0.5) is 0 Å². The summed E-state index contributed by atoms with van der Waals surface area (Å²) in [7, 11) is 0. The molecule has 2 heteroatoms. The van der Waals surface area contributed by atoms with Gasteiger partial charge in [0.2, 0.25) is 0 Å². The van der Waals surface area contributed by atoms with Gasteiger partial charge in [-0.05, 0) is 31.7 Å². The summed E-state index contributed by atoms with van der Waals surface area (Å²) in [6.45, 7) is 13.0. The highest BCUT2D eigenvalue weighted by Gasteiger charge is 2.29. The quantitative estimate of drug-likeness (QED) is 0.684. The van der Waals surface area contributed by atoms with E-state index in [1.54, 1.807) is 0 Å². The molecule has 1 rings (SSSR count). The molecule has 2 atom stereocenters. The molecule has 0 bridgehead atoms. The summed E-state index contributed by atoms with van der Waals surface area (Å²) in [5.74, 6) is 0.873. The Labute approximate surface area is 102 Å². The molecule has 0 aromatic carbocycles. The van der Waals surface area contributed by atoms with Crippen molar-refractivity contribution in [2.45, 2.75) is 65.5 Å². The number of hydrogen-bond acceptors (Lipinski definition) is 2. The van der Waals surface area contributed by atoms with Crippen LogP contribution < -0.4 is 5.32 Å². The van der Waals surface area contributed by atoms with E-state index in [0.29, 0.717) is 0 Å². The minimum Gasteiger partial charge on any atom is -0.314 e. The van der Waals surface area contributed by atoms with E-state index in [1.807, 2.05) is 0 Å². The smallest absolute Gasteiger partial charge is 0.0348 e. The average Bonchev–Trinajstić information content (AvgIpc) is 2.22. The van der Waals surface area contributed by atoms with E-state index in [1.165, 1.54) is 45.3 Å². The maximum atomic E-state index is 3.40. The van der Waals surface area contributed by atoms with Crippen LogP contribution in [0.3, 0.4) is 0 Å². The zero-order valence-electron chi connectivity index (χ0n) is 11.6. The second kappa shape index (κ2) is 7.29. The largest absolute Gasteiger partial charge is 0.314 e. The van der Waals surface area contributed by atoms with Crippen LogP contribution in [0.25, 0.3) is 0 Å². The van der Waals surface area contributed by atoms with Crippen molar-refractivity contribution in [3.05, 3.63) is 0 Å². The zero-order chi connectivity index (χ0) is 12.0. The lowest BCUT2D eigenvalue weighted by molar-refractivity contribution is 0.0785. The summed E-state index contributed by atoms with van der Waals surface area (Å²) in [5, 5.41) is 3.40. The van der Waals surface area contributed by atoms with Gasteiger partial charge in [-0.25, -0.2) is 0 Å². The van der Waals surface area contributed by atoms with Gasteiger partial charge in [0.05, 0.1) is 0 Å². The first-order valence-electron chi connectivity index (χ1n) is 7.19. The van der Waals surface area contributed by atoms with Crippen molar-refractivity contribution in [2.24, 2.45) is 5.92 Å². The highest BCUT2D eigenvalue weighted by Crippen LogP contribution is 2.21. The Balaban J connectivity index is 2.50. The molecule has 2 nitrogen and oxygen atoms in total. The van der Waals surface area contributed by atoms with Crippen LogP contribution in [0.2, 0.25) is 0 Å². The van der Waals surface area contributed by atoms with Gasteiger partial charge >= 0.3 is 0 Å². The number of nitrogens with one attached hydrogen (secondary N) is 1. The molecule has 0 spiro atoms. The summed E-state index contributed by atoms with van der Waals surface area (Å²) >= 11 is 0. The van der Waals surface area contributed by atoms with Gasteiger partial charge in [0.15, 0.2) is 0 Å². The minimum absolute atomic E-state index is 0.807. The third-order valence-electron chi connectivity index (χ3n) is 4.02. The van der Waals surface area contributed by atoms with Gasteiger partial charge in [-0.1, -0.05) is 34.1 Å². The Morgan fingerprint density at radius 3 is 2.25 bits per heavy atom. The topological polar surface area (TPSA) is 15.3 Å². The predicted molar refractivity (Wildman–Crippen MR) is 71.8 cm³/mol. The first-order valence-corrected chi connectivity index (χ1v) is 7.19. The standard InChI is InChI=1S/C14H30N2/c1-5-8-16(14-10-15-11-14)13(7-3)9-12(4)6-2/h12-15H,5-11H2,1-4H3. The van der Waals surface area contributed by atoms with E-state index >= 15 is 0 Å². The Hall–Kier alpha value is -0.0800. The lowest BCUT2D eigenvalue weighted by Crippen LogP contribution is -2.60. The third-order valence-corrected chi connectivity index (χ3v) is 4.02. The highest BCUT2D eigenvalue weighted by molar-refractivity contribution is 4.88. The molecule has 0 aliphatic carbocycles. The van der Waals surface area contributed by atoms with E-state index < -0.39 is 0 Å². The summed E-state index contributed by atoms with van der Waals surface area (Å²) in [5.41, 5.74) is 0. The van der Waals surface area contributed by atoms with Crippen LogP contribution in [0.5, 0.6) is 0 Å². The lowest BCUT2D eigenvalue weighted by Gasteiger charge is -2.43. The maximum absolute atomic E-state index is 3.40. The van der Waals surface area contributed by atoms with E-state index in [4.69, 9.17) is 0 Å². The summed E-state index contributed by atoms with van der Waals surface area (Å²) < 4.78 is 0. The molecular weight excluding hydrogens is 196 g/mol. The van der Waals surface area contributed by atoms with Crippen molar-refractivity contribution < 1.29 is 0 Å². The molecule has 1 saturated heterocycles. The first kappa shape index (κ1) is 14.0. The monoisotopic (exact) mass is 226 g/mol. The van der Waals surface area contributed by atoms with E-state index in [0.717, 1.165) is 18.0 Å². The molecule has 0 radical (unpaired) electrons. The molecule has 0 saturated carbocycles. The van der Waals surface area contributed by atoms with Crippen LogP contribution in [-0.4, -0.2) is 36.6 Å². The van der Waals surface area contributed by atoms with Gasteiger partial charge in [0, 0.05) is 25.2 Å². The fourth-order valence-electron chi connectivity index (χ4n) is 2.60. The Kier molecular flexibility index (Phi) is 6.37. The molecule has 16 heavy (non-hydrogen) atoms. The van der Waals surface area contributed by atoms with Gasteiger partial charge < -0.3 is 5.32 Å². The molecule has 1 aliphatic rings. The lowest BCUT2D eigenvalue weighted by atomic mass is 9.94. The molecular formula is C14H30N2. The minimum atomic E-state index is 0.807. The van der Waals surface area contributed by atoms with E-state index in [-0.39, 0.29) is 0 Å². The summed E-state index contributed by atoms with van der Waals surface area (Å²) in [6, 6.07) is 1.62. The van der Waals surface area contributed by atoms with Gasteiger partial charge in [-0.15, -0.1) is 0 Å². The molecule has 1 heterocycles. The number of rotatable bonds is 8. The molecule has 0 amide bonds. The summed E-state index contributed by atoms with van der Waals surface area (Å²) in [6.07, 6.45) is 5.29. The van der Waals surface area contributed by atoms with Crippen molar-refractivity contribution in [1.82, 2.24) is 10.2 Å². The Bertz CT molecular complexity index is 178. The van der Waals surface area contributed by atoms with Gasteiger partial charge in [0.25, 0.3) is 0 Å². The van der Waals surface area contributed by atoms with Crippen LogP contribution in [0.1, 0.15) is 53.4 Å². The Morgan fingerprint density at radius 2 is 1.88 bits per heavy atom. The molecule has 0 aromatic heterocycles. The van der Waals surface area contributed by atoms with Crippen molar-refractivity contribution in [1.29, 1.82) is 0 Å². The van der Waals surface area contributed by atoms with Crippen molar-refractivity contribution in [3.63, 3.8) is 0 Å². The van der Waals surface area contributed by atoms with Crippen LogP contribution in [-0.2, 0) is 0 Å². The Morgan fingerprint density at radius 1 is 1.19 bits per heavy atom. The normalized spacial score (nSPS) is 20.8. The van der Waals surface area contributed by atoms with Crippen molar-refractivity contribution >= 4 is 0 Å². The third kappa shape index (κ3) is 3.74. The number of hydrogen-bond donors (Lipinski definition) is 1. The van der Waals surface area contributed by atoms with Crippen LogP contribution in [0, 0.1) is 5.92 Å².